The predicted molar refractivity (Wildman–Crippen MR) is 98.7 cm³/mol. The lowest BCUT2D eigenvalue weighted by Gasteiger charge is -2.33. The number of hydrogen-bond donors (Lipinski definition) is 0. The Morgan fingerprint density at radius 1 is 1.12 bits per heavy atom. The fraction of sp³-hybridized carbons (Fsp3) is 0.118. The van der Waals surface area contributed by atoms with Crippen LogP contribution in [0.1, 0.15) is 5.69 Å². The molecule has 2 aliphatic rings. The number of thioether (sulfide) groups is 1. The van der Waals surface area contributed by atoms with Crippen LogP contribution in [0.15, 0.2) is 41.3 Å². The normalized spacial score (nSPS) is 15.1. The molecule has 2 aliphatic heterocycles. The molecule has 0 radical (unpaired) electrons. The molecule has 0 N–H and O–H groups in total. The number of anilines is 1. The molecule has 8 heteroatoms. The van der Waals surface area contributed by atoms with Gasteiger partial charge in [-0.1, -0.05) is 40.5 Å². The van der Waals surface area contributed by atoms with Gasteiger partial charge in [0.1, 0.15) is 11.4 Å². The van der Waals surface area contributed by atoms with Gasteiger partial charge in [0.25, 0.3) is 0 Å². The molecule has 0 saturated heterocycles. The number of fused-ring (bicyclic) bond motifs is 2. The van der Waals surface area contributed by atoms with Crippen molar-refractivity contribution >= 4 is 46.6 Å². The second-order valence-corrected chi connectivity index (χ2v) is 7.74. The molecule has 0 aliphatic carbocycles. The number of carbonyl (C=O) groups excluding carboxylic acids is 1. The molecule has 3 heterocycles. The topological polar surface area (TPSA) is 51.0 Å². The molecule has 3 aromatic rings. The second-order valence-electron chi connectivity index (χ2n) is 5.85. The second kappa shape index (κ2) is 5.49. The third-order valence-electron chi connectivity index (χ3n) is 4.32. The van der Waals surface area contributed by atoms with Crippen molar-refractivity contribution in [2.75, 3.05) is 10.7 Å². The van der Waals surface area contributed by atoms with Crippen LogP contribution in [0.3, 0.4) is 0 Å². The van der Waals surface area contributed by atoms with Crippen molar-refractivity contribution in [2.45, 2.75) is 11.4 Å². The van der Waals surface area contributed by atoms with E-state index in [-0.39, 0.29) is 5.91 Å². The molecule has 124 valence electrons. The van der Waals surface area contributed by atoms with Crippen molar-refractivity contribution in [3.63, 3.8) is 0 Å². The number of aromatic nitrogens is 3. The molecule has 2 aromatic carbocycles. The van der Waals surface area contributed by atoms with E-state index >= 15 is 0 Å². The van der Waals surface area contributed by atoms with Gasteiger partial charge in [-0.3, -0.25) is 4.79 Å². The van der Waals surface area contributed by atoms with E-state index in [1.54, 1.807) is 39.5 Å². The summed E-state index contributed by atoms with van der Waals surface area (Å²) in [5, 5.41) is 9.67. The lowest BCUT2D eigenvalue weighted by atomic mass is 10.0. The molecule has 0 saturated carbocycles. The van der Waals surface area contributed by atoms with Crippen LogP contribution in [0.2, 0.25) is 10.0 Å². The maximum absolute atomic E-state index is 12.4. The minimum Gasteiger partial charge on any atom is -0.304 e. The van der Waals surface area contributed by atoms with Gasteiger partial charge in [-0.2, -0.15) is 0 Å². The first-order chi connectivity index (χ1) is 12.1. The van der Waals surface area contributed by atoms with Crippen LogP contribution in [0.4, 0.5) is 5.69 Å². The minimum atomic E-state index is 0.0935. The van der Waals surface area contributed by atoms with Gasteiger partial charge in [-0.15, -0.1) is 16.9 Å². The summed E-state index contributed by atoms with van der Waals surface area (Å²) >= 11 is 13.9. The Hall–Kier alpha value is -2.02. The van der Waals surface area contributed by atoms with Gasteiger partial charge in [-0.05, 0) is 24.3 Å². The molecule has 5 nitrogen and oxygen atoms in total. The maximum Gasteiger partial charge on any atom is 0.237 e. The van der Waals surface area contributed by atoms with E-state index in [2.05, 4.69) is 10.3 Å². The Labute approximate surface area is 157 Å². The van der Waals surface area contributed by atoms with Gasteiger partial charge in [0.2, 0.25) is 5.91 Å². The largest absolute Gasteiger partial charge is 0.304 e. The SMILES string of the molecule is O=C1CSc2cccc3c2N1Cc1nnn(-c2cc(Cl)cc(Cl)c2)c1-3. The van der Waals surface area contributed by atoms with E-state index in [0.717, 1.165) is 33.2 Å². The number of carbonyl (C=O) groups is 1. The first-order valence-electron chi connectivity index (χ1n) is 7.59. The van der Waals surface area contributed by atoms with Crippen molar-refractivity contribution in [1.82, 2.24) is 15.0 Å². The monoisotopic (exact) mass is 388 g/mol. The zero-order valence-corrected chi connectivity index (χ0v) is 15.1. The van der Waals surface area contributed by atoms with E-state index in [1.807, 2.05) is 18.2 Å². The van der Waals surface area contributed by atoms with Crippen LogP contribution in [0.5, 0.6) is 0 Å². The number of amides is 1. The molecular weight excluding hydrogens is 379 g/mol. The van der Waals surface area contributed by atoms with Crippen LogP contribution in [0, 0.1) is 0 Å². The molecule has 1 aromatic heterocycles. The van der Waals surface area contributed by atoms with Gasteiger partial charge in [0, 0.05) is 20.5 Å². The van der Waals surface area contributed by atoms with Crippen molar-refractivity contribution in [2.24, 2.45) is 0 Å². The summed E-state index contributed by atoms with van der Waals surface area (Å²) in [6, 6.07) is 11.3. The quantitative estimate of drug-likeness (QED) is 0.626. The highest BCUT2D eigenvalue weighted by Gasteiger charge is 2.35. The molecule has 25 heavy (non-hydrogen) atoms. The highest BCUT2D eigenvalue weighted by molar-refractivity contribution is 8.00. The summed E-state index contributed by atoms with van der Waals surface area (Å²) in [7, 11) is 0. The summed E-state index contributed by atoms with van der Waals surface area (Å²) < 4.78 is 1.74. The Balaban J connectivity index is 1.77. The lowest BCUT2D eigenvalue weighted by molar-refractivity contribution is -0.116. The molecule has 0 spiro atoms. The van der Waals surface area contributed by atoms with Gasteiger partial charge >= 0.3 is 0 Å². The van der Waals surface area contributed by atoms with E-state index in [9.17, 15) is 4.79 Å². The average Bonchev–Trinajstić information content (AvgIpc) is 3.01. The Kier molecular flexibility index (Phi) is 3.35. The van der Waals surface area contributed by atoms with Crippen molar-refractivity contribution < 1.29 is 4.79 Å². The van der Waals surface area contributed by atoms with Gasteiger partial charge in [-0.25, -0.2) is 4.68 Å². The molecule has 1 amide bonds. The molecule has 0 atom stereocenters. The number of hydrogen-bond acceptors (Lipinski definition) is 4. The molecule has 0 unspecified atom stereocenters. The van der Waals surface area contributed by atoms with Gasteiger partial charge < -0.3 is 4.90 Å². The third-order valence-corrected chi connectivity index (χ3v) is 5.78. The first kappa shape index (κ1) is 15.3. The van der Waals surface area contributed by atoms with Crippen molar-refractivity contribution in [3.05, 3.63) is 52.1 Å². The number of rotatable bonds is 1. The van der Waals surface area contributed by atoms with E-state index in [4.69, 9.17) is 23.2 Å². The highest BCUT2D eigenvalue weighted by atomic mass is 35.5. The summed E-state index contributed by atoms with van der Waals surface area (Å²) in [6.07, 6.45) is 0. The molecule has 5 rings (SSSR count). The van der Waals surface area contributed by atoms with Crippen LogP contribution >= 0.6 is 35.0 Å². The van der Waals surface area contributed by atoms with E-state index in [1.165, 1.54) is 0 Å². The van der Waals surface area contributed by atoms with Gasteiger partial charge in [0.15, 0.2) is 0 Å². The lowest BCUT2D eigenvalue weighted by Crippen LogP contribution is -2.37. The fourth-order valence-electron chi connectivity index (χ4n) is 3.30. The fourth-order valence-corrected chi connectivity index (χ4v) is 4.78. The number of para-hydroxylation sites is 1. The molecular formula is C17H10Cl2N4OS. The third kappa shape index (κ3) is 2.28. The zero-order chi connectivity index (χ0) is 17.1. The van der Waals surface area contributed by atoms with Gasteiger partial charge in [0.05, 0.1) is 23.7 Å². The minimum absolute atomic E-state index is 0.0935. The van der Waals surface area contributed by atoms with Crippen molar-refractivity contribution in [1.29, 1.82) is 0 Å². The maximum atomic E-state index is 12.4. The van der Waals surface area contributed by atoms with E-state index in [0.29, 0.717) is 22.3 Å². The van der Waals surface area contributed by atoms with E-state index < -0.39 is 0 Å². The van der Waals surface area contributed by atoms with Crippen LogP contribution < -0.4 is 4.90 Å². The Bertz CT molecular complexity index is 1030. The highest BCUT2D eigenvalue weighted by Crippen LogP contribution is 2.47. The summed E-state index contributed by atoms with van der Waals surface area (Å²) in [4.78, 5) is 15.3. The Morgan fingerprint density at radius 3 is 2.72 bits per heavy atom. The number of halogens is 2. The standard InChI is InChI=1S/C17H10Cl2N4OS/c18-9-4-10(19)6-11(5-9)23-16-12-2-1-3-14-17(12)22(15(24)8-25-14)7-13(16)20-21-23/h1-6H,7-8H2. The van der Waals surface area contributed by atoms with Crippen LogP contribution in [-0.2, 0) is 11.3 Å². The predicted octanol–water partition coefficient (Wildman–Crippen LogP) is 4.19. The summed E-state index contributed by atoms with van der Waals surface area (Å²) in [5.41, 5.74) is 4.27. The summed E-state index contributed by atoms with van der Waals surface area (Å²) in [6.45, 7) is 0.424. The number of nitrogens with zero attached hydrogens (tertiary/aromatic N) is 4. The Morgan fingerprint density at radius 2 is 1.92 bits per heavy atom. The molecule has 0 fully saturated rings. The first-order valence-corrected chi connectivity index (χ1v) is 9.33. The number of benzene rings is 2. The zero-order valence-electron chi connectivity index (χ0n) is 12.7. The summed E-state index contributed by atoms with van der Waals surface area (Å²) in [5.74, 6) is 0.542. The van der Waals surface area contributed by atoms with Crippen molar-refractivity contribution in [3.8, 4) is 16.9 Å². The smallest absolute Gasteiger partial charge is 0.237 e. The molecule has 0 bridgehead atoms. The van der Waals surface area contributed by atoms with Crippen LogP contribution in [-0.4, -0.2) is 26.7 Å². The van der Waals surface area contributed by atoms with Crippen LogP contribution in [0.25, 0.3) is 16.9 Å². The average molecular weight is 389 g/mol.